The summed E-state index contributed by atoms with van der Waals surface area (Å²) in [5.74, 6) is 0.380. The van der Waals surface area contributed by atoms with Gasteiger partial charge in [0.05, 0.1) is 0 Å². The van der Waals surface area contributed by atoms with E-state index in [4.69, 9.17) is 0 Å². The van der Waals surface area contributed by atoms with E-state index in [2.05, 4.69) is 27.1 Å². The molecule has 3 heterocycles. The quantitative estimate of drug-likeness (QED) is 0.920. The van der Waals surface area contributed by atoms with Crippen molar-refractivity contribution >= 4 is 5.82 Å². The Hall–Kier alpha value is -1.20. The number of anilines is 1. The summed E-state index contributed by atoms with van der Waals surface area (Å²) in [4.78, 5) is 8.94. The van der Waals surface area contributed by atoms with Crippen LogP contribution >= 0.6 is 0 Å². The molecule has 2 saturated heterocycles. The number of hydrogen-bond acceptors (Lipinski definition) is 4. The molecule has 0 aliphatic carbocycles. The third-order valence-corrected chi connectivity index (χ3v) is 4.96. The van der Waals surface area contributed by atoms with Crippen molar-refractivity contribution in [3.05, 3.63) is 23.6 Å². The largest absolute Gasteiger partial charge is 0.353 e. The molecule has 5 heteroatoms. The van der Waals surface area contributed by atoms with Crippen LogP contribution < -0.4 is 10.2 Å². The Morgan fingerprint density at radius 2 is 2.14 bits per heavy atom. The summed E-state index contributed by atoms with van der Waals surface area (Å²) in [5.41, 5.74) is 0.713. The van der Waals surface area contributed by atoms with Gasteiger partial charge in [0, 0.05) is 43.5 Å². The Labute approximate surface area is 126 Å². The van der Waals surface area contributed by atoms with Crippen molar-refractivity contribution in [1.29, 1.82) is 0 Å². The minimum atomic E-state index is -0.154. The molecule has 21 heavy (non-hydrogen) atoms. The number of halogens is 1. The van der Waals surface area contributed by atoms with Crippen LogP contribution in [0, 0.1) is 5.82 Å². The first kappa shape index (κ1) is 14.7. The number of pyridine rings is 1. The van der Waals surface area contributed by atoms with Crippen LogP contribution in [0.2, 0.25) is 0 Å². The molecule has 0 spiro atoms. The third kappa shape index (κ3) is 2.90. The first-order chi connectivity index (χ1) is 10.2. The normalized spacial score (nSPS) is 26.1. The fraction of sp³-hybridized carbons (Fsp3) is 0.688. The first-order valence-corrected chi connectivity index (χ1v) is 8.01. The molecule has 2 aliphatic rings. The molecule has 2 atom stereocenters. The number of aromatic nitrogens is 1. The first-order valence-electron chi connectivity index (χ1n) is 8.01. The van der Waals surface area contributed by atoms with Crippen molar-refractivity contribution in [2.75, 3.05) is 31.6 Å². The zero-order valence-corrected chi connectivity index (χ0v) is 13.0. The SMILES string of the molecule is CCNCc1ccnc(N2CCC3CCC(C2)N3C)c1F. The van der Waals surface area contributed by atoms with Gasteiger partial charge in [-0.3, -0.25) is 4.90 Å². The summed E-state index contributed by atoms with van der Waals surface area (Å²) in [6.07, 6.45) is 5.34. The Morgan fingerprint density at radius 3 is 2.95 bits per heavy atom. The third-order valence-electron chi connectivity index (χ3n) is 4.96. The van der Waals surface area contributed by atoms with Crippen LogP contribution in [0.4, 0.5) is 10.2 Å². The fourth-order valence-corrected chi connectivity index (χ4v) is 3.59. The van der Waals surface area contributed by atoms with Gasteiger partial charge in [0.1, 0.15) is 0 Å². The van der Waals surface area contributed by atoms with Crippen LogP contribution in [0.15, 0.2) is 12.3 Å². The average molecular weight is 292 g/mol. The van der Waals surface area contributed by atoms with E-state index in [1.807, 2.05) is 6.92 Å². The predicted octanol–water partition coefficient (Wildman–Crippen LogP) is 2.00. The standard InChI is InChI=1S/C16H25FN4/c1-3-18-10-12-6-8-19-16(15(12)17)21-9-7-13-4-5-14(11-21)20(13)2/h6,8,13-14,18H,3-5,7,9-11H2,1-2H3. The molecule has 1 aromatic rings. The molecule has 116 valence electrons. The Morgan fingerprint density at radius 1 is 1.33 bits per heavy atom. The highest BCUT2D eigenvalue weighted by atomic mass is 19.1. The van der Waals surface area contributed by atoms with Crippen molar-refractivity contribution < 1.29 is 4.39 Å². The smallest absolute Gasteiger partial charge is 0.170 e. The highest BCUT2D eigenvalue weighted by Crippen LogP contribution is 2.31. The van der Waals surface area contributed by atoms with Crippen molar-refractivity contribution in [3.8, 4) is 0 Å². The van der Waals surface area contributed by atoms with Gasteiger partial charge in [-0.2, -0.15) is 0 Å². The predicted molar refractivity (Wildman–Crippen MR) is 83.0 cm³/mol. The molecule has 0 radical (unpaired) electrons. The summed E-state index contributed by atoms with van der Waals surface area (Å²) in [6, 6.07) is 2.97. The van der Waals surface area contributed by atoms with Crippen molar-refractivity contribution in [2.24, 2.45) is 0 Å². The number of nitrogens with zero attached hydrogens (tertiary/aromatic N) is 3. The molecule has 1 aromatic heterocycles. The molecule has 0 saturated carbocycles. The molecular formula is C16H25FN4. The van der Waals surface area contributed by atoms with Gasteiger partial charge in [0.25, 0.3) is 0 Å². The number of fused-ring (bicyclic) bond motifs is 2. The zero-order valence-electron chi connectivity index (χ0n) is 13.0. The second-order valence-corrected chi connectivity index (χ2v) is 6.17. The molecular weight excluding hydrogens is 267 g/mol. The topological polar surface area (TPSA) is 31.4 Å². The maximum absolute atomic E-state index is 14.7. The average Bonchev–Trinajstić information content (AvgIpc) is 2.72. The lowest BCUT2D eigenvalue weighted by atomic mass is 10.1. The summed E-state index contributed by atoms with van der Waals surface area (Å²) in [6.45, 7) is 5.23. The van der Waals surface area contributed by atoms with Gasteiger partial charge < -0.3 is 10.2 Å². The minimum absolute atomic E-state index is 0.154. The number of likely N-dealkylation sites (N-methyl/N-ethyl adjacent to an activating group) is 1. The second-order valence-electron chi connectivity index (χ2n) is 6.17. The van der Waals surface area contributed by atoms with Crippen LogP contribution in [0.3, 0.4) is 0 Å². The van der Waals surface area contributed by atoms with E-state index in [0.717, 1.165) is 26.1 Å². The summed E-state index contributed by atoms with van der Waals surface area (Å²) in [7, 11) is 2.21. The van der Waals surface area contributed by atoms with Crippen LogP contribution in [-0.2, 0) is 6.54 Å². The molecule has 2 fully saturated rings. The van der Waals surface area contributed by atoms with E-state index >= 15 is 0 Å². The molecule has 2 unspecified atom stereocenters. The van der Waals surface area contributed by atoms with Gasteiger partial charge in [-0.25, -0.2) is 9.37 Å². The molecule has 1 N–H and O–H groups in total. The number of rotatable bonds is 4. The lowest BCUT2D eigenvalue weighted by molar-refractivity contribution is 0.254. The molecule has 2 bridgehead atoms. The second kappa shape index (κ2) is 6.28. The van der Waals surface area contributed by atoms with Crippen molar-refractivity contribution in [3.63, 3.8) is 0 Å². The van der Waals surface area contributed by atoms with Gasteiger partial charge in [0.15, 0.2) is 11.6 Å². The number of hydrogen-bond donors (Lipinski definition) is 1. The fourth-order valence-electron chi connectivity index (χ4n) is 3.59. The molecule has 2 aliphatic heterocycles. The molecule has 0 aromatic carbocycles. The Balaban J connectivity index is 1.80. The molecule has 3 rings (SSSR count). The highest BCUT2D eigenvalue weighted by Gasteiger charge is 2.35. The van der Waals surface area contributed by atoms with Gasteiger partial charge >= 0.3 is 0 Å². The van der Waals surface area contributed by atoms with E-state index in [1.54, 1.807) is 12.3 Å². The van der Waals surface area contributed by atoms with Crippen LogP contribution in [0.25, 0.3) is 0 Å². The van der Waals surface area contributed by atoms with Gasteiger partial charge in [0.2, 0.25) is 0 Å². The maximum atomic E-state index is 14.7. The van der Waals surface area contributed by atoms with Crippen LogP contribution in [0.5, 0.6) is 0 Å². The lowest BCUT2D eigenvalue weighted by Crippen LogP contribution is -2.37. The van der Waals surface area contributed by atoms with E-state index in [0.29, 0.717) is 30.0 Å². The summed E-state index contributed by atoms with van der Waals surface area (Å²) in [5, 5.41) is 3.19. The van der Waals surface area contributed by atoms with Gasteiger partial charge in [-0.1, -0.05) is 6.92 Å². The van der Waals surface area contributed by atoms with Crippen LogP contribution in [-0.4, -0.2) is 48.6 Å². The molecule has 4 nitrogen and oxygen atoms in total. The van der Waals surface area contributed by atoms with Gasteiger partial charge in [-0.05, 0) is 38.9 Å². The number of nitrogens with one attached hydrogen (secondary N) is 1. The van der Waals surface area contributed by atoms with E-state index in [1.165, 1.54) is 12.8 Å². The van der Waals surface area contributed by atoms with Gasteiger partial charge in [-0.15, -0.1) is 0 Å². The lowest BCUT2D eigenvalue weighted by Gasteiger charge is -2.27. The maximum Gasteiger partial charge on any atom is 0.170 e. The van der Waals surface area contributed by atoms with E-state index < -0.39 is 0 Å². The highest BCUT2D eigenvalue weighted by molar-refractivity contribution is 5.44. The summed E-state index contributed by atoms with van der Waals surface area (Å²) >= 11 is 0. The van der Waals surface area contributed by atoms with E-state index in [-0.39, 0.29) is 5.82 Å². The zero-order chi connectivity index (χ0) is 14.8. The Bertz CT molecular complexity index is 493. The van der Waals surface area contributed by atoms with E-state index in [9.17, 15) is 4.39 Å². The van der Waals surface area contributed by atoms with Crippen molar-refractivity contribution in [1.82, 2.24) is 15.2 Å². The molecule has 0 amide bonds. The minimum Gasteiger partial charge on any atom is -0.353 e. The summed E-state index contributed by atoms with van der Waals surface area (Å²) < 4.78 is 14.7. The monoisotopic (exact) mass is 292 g/mol. The van der Waals surface area contributed by atoms with Crippen LogP contribution in [0.1, 0.15) is 31.7 Å². The Kier molecular flexibility index (Phi) is 4.40. The van der Waals surface area contributed by atoms with Crippen molar-refractivity contribution in [2.45, 2.75) is 44.8 Å².